The van der Waals surface area contributed by atoms with E-state index in [1.54, 1.807) is 12.1 Å². The quantitative estimate of drug-likeness (QED) is 0.798. The number of sulfone groups is 1. The number of carboxylic acids is 1. The minimum atomic E-state index is -2.82. The topological polar surface area (TPSA) is 81.2 Å². The number of benzene rings is 1. The number of aromatic carboxylic acids is 1. The summed E-state index contributed by atoms with van der Waals surface area (Å²) in [5.41, 5.74) is 1.14. The molecule has 0 spiro atoms. The number of carbonyl (C=O) groups is 1. The van der Waals surface area contributed by atoms with E-state index < -0.39 is 15.8 Å². The van der Waals surface area contributed by atoms with E-state index >= 15 is 0 Å². The SMILES string of the molecule is O=C(O)c1ccccc1N1CCN(CCN2CCS(=O)(=O)CC2)CC1. The molecule has 0 saturated carbocycles. The van der Waals surface area contributed by atoms with Gasteiger partial charge in [0.2, 0.25) is 0 Å². The summed E-state index contributed by atoms with van der Waals surface area (Å²) >= 11 is 0. The summed E-state index contributed by atoms with van der Waals surface area (Å²) in [5, 5.41) is 9.33. The fraction of sp³-hybridized carbons (Fsp3) is 0.588. The minimum absolute atomic E-state index is 0.271. The van der Waals surface area contributed by atoms with Crippen LogP contribution in [0.1, 0.15) is 10.4 Å². The van der Waals surface area contributed by atoms with E-state index in [-0.39, 0.29) is 11.5 Å². The van der Waals surface area contributed by atoms with Crippen LogP contribution in [-0.4, -0.2) is 93.2 Å². The zero-order valence-electron chi connectivity index (χ0n) is 14.3. The molecular formula is C17H25N3O4S. The van der Waals surface area contributed by atoms with Gasteiger partial charge in [-0.15, -0.1) is 0 Å². The number of hydrogen-bond acceptors (Lipinski definition) is 6. The highest BCUT2D eigenvalue weighted by atomic mass is 32.2. The van der Waals surface area contributed by atoms with Crippen LogP contribution in [0.15, 0.2) is 24.3 Å². The van der Waals surface area contributed by atoms with Gasteiger partial charge in [-0.05, 0) is 12.1 Å². The number of hydrogen-bond donors (Lipinski definition) is 1. The van der Waals surface area contributed by atoms with Crippen LogP contribution in [0.5, 0.6) is 0 Å². The molecule has 7 nitrogen and oxygen atoms in total. The van der Waals surface area contributed by atoms with Crippen LogP contribution < -0.4 is 4.90 Å². The molecule has 2 saturated heterocycles. The lowest BCUT2D eigenvalue weighted by molar-refractivity contribution is 0.0697. The minimum Gasteiger partial charge on any atom is -0.478 e. The van der Waals surface area contributed by atoms with Gasteiger partial charge in [0, 0.05) is 52.4 Å². The zero-order valence-corrected chi connectivity index (χ0v) is 15.1. The van der Waals surface area contributed by atoms with Crippen LogP contribution in [0.3, 0.4) is 0 Å². The molecule has 0 aromatic heterocycles. The van der Waals surface area contributed by atoms with Crippen molar-refractivity contribution in [2.45, 2.75) is 0 Å². The van der Waals surface area contributed by atoms with Gasteiger partial charge in [-0.25, -0.2) is 13.2 Å². The van der Waals surface area contributed by atoms with Crippen molar-refractivity contribution < 1.29 is 18.3 Å². The third-order valence-electron chi connectivity index (χ3n) is 5.02. The molecule has 1 aromatic carbocycles. The van der Waals surface area contributed by atoms with Gasteiger partial charge in [-0.3, -0.25) is 4.90 Å². The molecule has 0 aliphatic carbocycles. The molecule has 2 aliphatic rings. The molecule has 25 heavy (non-hydrogen) atoms. The number of rotatable bonds is 5. The predicted octanol–water partition coefficient (Wildman–Crippen LogP) is 0.237. The van der Waals surface area contributed by atoms with Gasteiger partial charge in [-0.2, -0.15) is 0 Å². The third kappa shape index (κ3) is 4.71. The first-order valence-corrected chi connectivity index (χ1v) is 10.5. The average molecular weight is 367 g/mol. The molecule has 1 N–H and O–H groups in total. The molecule has 0 bridgehead atoms. The number of para-hydroxylation sites is 1. The van der Waals surface area contributed by atoms with Gasteiger partial charge in [0.25, 0.3) is 0 Å². The summed E-state index contributed by atoms with van der Waals surface area (Å²) in [6.07, 6.45) is 0. The fourth-order valence-corrected chi connectivity index (χ4v) is 4.68. The van der Waals surface area contributed by atoms with Crippen molar-refractivity contribution in [3.05, 3.63) is 29.8 Å². The van der Waals surface area contributed by atoms with Gasteiger partial charge in [-0.1, -0.05) is 12.1 Å². The van der Waals surface area contributed by atoms with Crippen molar-refractivity contribution in [3.8, 4) is 0 Å². The maximum Gasteiger partial charge on any atom is 0.337 e. The van der Waals surface area contributed by atoms with Crippen LogP contribution in [0.4, 0.5) is 5.69 Å². The Bertz CT molecular complexity index is 700. The van der Waals surface area contributed by atoms with Crippen molar-refractivity contribution in [2.75, 3.05) is 68.8 Å². The predicted molar refractivity (Wildman–Crippen MR) is 97.1 cm³/mol. The van der Waals surface area contributed by atoms with Crippen LogP contribution in [-0.2, 0) is 9.84 Å². The lowest BCUT2D eigenvalue weighted by Gasteiger charge is -2.37. The van der Waals surface area contributed by atoms with E-state index in [0.717, 1.165) is 45.0 Å². The fourth-order valence-electron chi connectivity index (χ4n) is 3.40. The van der Waals surface area contributed by atoms with Crippen LogP contribution in [0.25, 0.3) is 0 Å². The Morgan fingerprint density at radius 3 is 2.08 bits per heavy atom. The molecule has 2 fully saturated rings. The van der Waals surface area contributed by atoms with Gasteiger partial charge >= 0.3 is 5.97 Å². The second-order valence-corrected chi connectivity index (χ2v) is 8.95. The maximum absolute atomic E-state index is 11.5. The second kappa shape index (κ2) is 7.72. The van der Waals surface area contributed by atoms with Crippen LogP contribution in [0.2, 0.25) is 0 Å². The van der Waals surface area contributed by atoms with E-state index in [4.69, 9.17) is 0 Å². The zero-order chi connectivity index (χ0) is 17.9. The summed E-state index contributed by atoms with van der Waals surface area (Å²) in [4.78, 5) is 18.1. The molecule has 0 atom stereocenters. The second-order valence-electron chi connectivity index (χ2n) is 6.64. The Hall–Kier alpha value is -1.64. The Morgan fingerprint density at radius 2 is 1.48 bits per heavy atom. The number of anilines is 1. The lowest BCUT2D eigenvalue weighted by atomic mass is 10.1. The number of piperazine rings is 1. The standard InChI is InChI=1S/C17H25N3O4S/c21-17(22)15-3-1-2-4-16(15)20-9-7-18(8-10-20)5-6-19-11-13-25(23,24)14-12-19/h1-4H,5-14H2,(H,21,22). The molecular weight excluding hydrogens is 342 g/mol. The monoisotopic (exact) mass is 367 g/mol. The molecule has 138 valence electrons. The third-order valence-corrected chi connectivity index (χ3v) is 6.63. The van der Waals surface area contributed by atoms with E-state index in [2.05, 4.69) is 14.7 Å². The Kier molecular flexibility index (Phi) is 5.61. The van der Waals surface area contributed by atoms with Crippen LogP contribution in [0, 0.1) is 0 Å². The molecule has 2 heterocycles. The highest BCUT2D eigenvalue weighted by Gasteiger charge is 2.24. The van der Waals surface area contributed by atoms with Crippen molar-refractivity contribution in [1.29, 1.82) is 0 Å². The normalized spacial score (nSPS) is 22.0. The smallest absolute Gasteiger partial charge is 0.337 e. The largest absolute Gasteiger partial charge is 0.478 e. The van der Waals surface area contributed by atoms with Gasteiger partial charge in [0.1, 0.15) is 0 Å². The molecule has 2 aliphatic heterocycles. The van der Waals surface area contributed by atoms with Gasteiger partial charge in [0.15, 0.2) is 9.84 Å². The summed E-state index contributed by atoms with van der Waals surface area (Å²) in [5.74, 6) is -0.349. The summed E-state index contributed by atoms with van der Waals surface area (Å²) in [6, 6.07) is 7.14. The van der Waals surface area contributed by atoms with E-state index in [1.807, 2.05) is 12.1 Å². The molecule has 0 unspecified atom stereocenters. The van der Waals surface area contributed by atoms with E-state index in [1.165, 1.54) is 0 Å². The van der Waals surface area contributed by atoms with Crippen molar-refractivity contribution >= 4 is 21.5 Å². The number of nitrogens with zero attached hydrogens (tertiary/aromatic N) is 3. The first-order chi connectivity index (χ1) is 11.9. The molecule has 3 rings (SSSR count). The molecule has 0 radical (unpaired) electrons. The van der Waals surface area contributed by atoms with Crippen molar-refractivity contribution in [3.63, 3.8) is 0 Å². The highest BCUT2D eigenvalue weighted by molar-refractivity contribution is 7.91. The first-order valence-electron chi connectivity index (χ1n) is 8.67. The van der Waals surface area contributed by atoms with Crippen molar-refractivity contribution in [1.82, 2.24) is 9.80 Å². The van der Waals surface area contributed by atoms with Gasteiger partial charge in [0.05, 0.1) is 22.8 Å². The average Bonchev–Trinajstić information content (AvgIpc) is 2.61. The summed E-state index contributed by atoms with van der Waals surface area (Å²) in [7, 11) is -2.82. The lowest BCUT2D eigenvalue weighted by Crippen LogP contribution is -2.50. The van der Waals surface area contributed by atoms with Crippen LogP contribution >= 0.6 is 0 Å². The summed E-state index contributed by atoms with van der Waals surface area (Å²) in [6.45, 7) is 6.47. The number of carboxylic acid groups (broad SMARTS) is 1. The highest BCUT2D eigenvalue weighted by Crippen LogP contribution is 2.21. The summed E-state index contributed by atoms with van der Waals surface area (Å²) < 4.78 is 22.9. The first kappa shape index (κ1) is 18.2. The maximum atomic E-state index is 11.5. The molecule has 8 heteroatoms. The van der Waals surface area contributed by atoms with E-state index in [9.17, 15) is 18.3 Å². The molecule has 1 aromatic rings. The Labute approximate surface area is 148 Å². The Morgan fingerprint density at radius 1 is 0.920 bits per heavy atom. The molecule has 0 amide bonds. The van der Waals surface area contributed by atoms with Gasteiger partial charge < -0.3 is 14.9 Å². The van der Waals surface area contributed by atoms with E-state index in [0.29, 0.717) is 18.7 Å². The van der Waals surface area contributed by atoms with Crippen molar-refractivity contribution in [2.24, 2.45) is 0 Å². The Balaban J connectivity index is 1.47.